The maximum atomic E-state index is 12.7. The summed E-state index contributed by atoms with van der Waals surface area (Å²) in [4.78, 5) is 30.8. The van der Waals surface area contributed by atoms with Crippen LogP contribution in [0.2, 0.25) is 5.15 Å². The second-order valence-corrected chi connectivity index (χ2v) is 8.44. The summed E-state index contributed by atoms with van der Waals surface area (Å²) in [7, 11) is 1.60. The van der Waals surface area contributed by atoms with Crippen molar-refractivity contribution in [2.45, 2.75) is 53.2 Å². The van der Waals surface area contributed by atoms with Crippen LogP contribution in [-0.4, -0.2) is 50.8 Å². The van der Waals surface area contributed by atoms with Crippen molar-refractivity contribution < 1.29 is 19.1 Å². The van der Waals surface area contributed by atoms with E-state index in [1.807, 2.05) is 13.8 Å². The smallest absolute Gasteiger partial charge is 0.410 e. The zero-order valence-electron chi connectivity index (χ0n) is 17.3. The van der Waals surface area contributed by atoms with Gasteiger partial charge in [-0.3, -0.25) is 0 Å². The fourth-order valence-corrected chi connectivity index (χ4v) is 2.65. The van der Waals surface area contributed by atoms with Gasteiger partial charge in [0.05, 0.1) is 18.3 Å². The van der Waals surface area contributed by atoms with Gasteiger partial charge in [-0.25, -0.2) is 19.1 Å². The van der Waals surface area contributed by atoms with Crippen LogP contribution in [0.15, 0.2) is 12.3 Å². The van der Waals surface area contributed by atoms with Crippen molar-refractivity contribution in [2.24, 2.45) is 5.92 Å². The molecule has 0 aliphatic heterocycles. The van der Waals surface area contributed by atoms with Crippen LogP contribution < -0.4 is 0 Å². The molecule has 0 saturated carbocycles. The monoisotopic (exact) mass is 410 g/mol. The molecule has 2 rings (SSSR count). The predicted molar refractivity (Wildman–Crippen MR) is 106 cm³/mol. The lowest BCUT2D eigenvalue weighted by molar-refractivity contribution is 0.0223. The van der Waals surface area contributed by atoms with E-state index in [-0.39, 0.29) is 23.2 Å². The standard InChI is InChI=1S/C19H27ClN4O4/c1-11(2)10-27-17(25)13-9-21-15-8-14(20)22-24(15)16(13)12(3)23(7)18(26)28-19(4,5)6/h8-9,11-12H,10H2,1-7H3. The quantitative estimate of drug-likeness (QED) is 0.689. The SMILES string of the molecule is CC(C)COC(=O)c1cnc2cc(Cl)nn2c1C(C)N(C)C(=O)OC(C)(C)C. The number of esters is 1. The normalized spacial score (nSPS) is 12.9. The van der Waals surface area contributed by atoms with Gasteiger partial charge < -0.3 is 14.4 Å². The van der Waals surface area contributed by atoms with Crippen LogP contribution in [-0.2, 0) is 9.47 Å². The van der Waals surface area contributed by atoms with Gasteiger partial charge in [-0.15, -0.1) is 0 Å². The average molecular weight is 411 g/mol. The third-order valence-corrected chi connectivity index (χ3v) is 4.10. The Bertz CT molecular complexity index is 873. The molecule has 1 atom stereocenters. The van der Waals surface area contributed by atoms with Crippen LogP contribution in [0.25, 0.3) is 5.65 Å². The Morgan fingerprint density at radius 2 is 1.93 bits per heavy atom. The molecular formula is C19H27ClN4O4. The number of carbonyl (C=O) groups is 2. The molecule has 0 N–H and O–H groups in total. The number of hydrogen-bond donors (Lipinski definition) is 0. The Balaban J connectivity index is 2.48. The van der Waals surface area contributed by atoms with E-state index in [9.17, 15) is 9.59 Å². The molecule has 0 fully saturated rings. The number of nitrogens with zero attached hydrogens (tertiary/aromatic N) is 4. The van der Waals surface area contributed by atoms with Gasteiger partial charge in [0, 0.05) is 19.3 Å². The Labute approximate surface area is 169 Å². The summed E-state index contributed by atoms with van der Waals surface area (Å²) in [6.07, 6.45) is 0.898. The highest BCUT2D eigenvalue weighted by Gasteiger charge is 2.30. The molecule has 0 spiro atoms. The molecule has 8 nitrogen and oxygen atoms in total. The number of amides is 1. The van der Waals surface area contributed by atoms with E-state index in [2.05, 4.69) is 10.1 Å². The van der Waals surface area contributed by atoms with Crippen molar-refractivity contribution in [2.75, 3.05) is 13.7 Å². The Morgan fingerprint density at radius 3 is 2.50 bits per heavy atom. The minimum atomic E-state index is -0.646. The topological polar surface area (TPSA) is 86.0 Å². The number of carbonyl (C=O) groups excluding carboxylic acids is 2. The van der Waals surface area contributed by atoms with E-state index in [1.165, 1.54) is 15.6 Å². The summed E-state index contributed by atoms with van der Waals surface area (Å²) in [6, 6.07) is 1.02. The lowest BCUT2D eigenvalue weighted by Crippen LogP contribution is -2.37. The predicted octanol–water partition coefficient (Wildman–Crippen LogP) is 4.12. The molecule has 0 aromatic carbocycles. The lowest BCUT2D eigenvalue weighted by atomic mass is 10.1. The summed E-state index contributed by atoms with van der Waals surface area (Å²) < 4.78 is 12.3. The van der Waals surface area contributed by atoms with Crippen LogP contribution in [0.4, 0.5) is 4.79 Å². The van der Waals surface area contributed by atoms with Crippen LogP contribution in [0.3, 0.4) is 0 Å². The molecule has 0 radical (unpaired) electrons. The highest BCUT2D eigenvalue weighted by atomic mass is 35.5. The fourth-order valence-electron chi connectivity index (χ4n) is 2.48. The van der Waals surface area contributed by atoms with Crippen molar-refractivity contribution in [1.82, 2.24) is 19.5 Å². The summed E-state index contributed by atoms with van der Waals surface area (Å²) in [6.45, 7) is 11.3. The second kappa shape index (κ2) is 8.34. The number of ether oxygens (including phenoxy) is 2. The third kappa shape index (κ3) is 5.13. The van der Waals surface area contributed by atoms with Gasteiger partial charge in [0.2, 0.25) is 0 Å². The van der Waals surface area contributed by atoms with E-state index in [0.29, 0.717) is 11.3 Å². The molecule has 0 bridgehead atoms. The second-order valence-electron chi connectivity index (χ2n) is 8.05. The van der Waals surface area contributed by atoms with Crippen molar-refractivity contribution in [1.29, 1.82) is 0 Å². The van der Waals surface area contributed by atoms with Gasteiger partial charge in [0.1, 0.15) is 11.2 Å². The van der Waals surface area contributed by atoms with E-state index in [1.54, 1.807) is 40.8 Å². The number of halogens is 1. The maximum absolute atomic E-state index is 12.7. The summed E-state index contributed by atoms with van der Waals surface area (Å²) >= 11 is 6.03. The number of rotatable bonds is 5. The molecule has 1 unspecified atom stereocenters. The summed E-state index contributed by atoms with van der Waals surface area (Å²) in [5.74, 6) is -0.348. The Hall–Kier alpha value is -2.35. The summed E-state index contributed by atoms with van der Waals surface area (Å²) in [5.41, 5.74) is 0.479. The molecule has 9 heteroatoms. The first-order valence-corrected chi connectivity index (χ1v) is 9.45. The molecule has 0 aliphatic carbocycles. The third-order valence-electron chi connectivity index (χ3n) is 3.92. The number of hydrogen-bond acceptors (Lipinski definition) is 6. The highest BCUT2D eigenvalue weighted by molar-refractivity contribution is 6.29. The van der Waals surface area contributed by atoms with Crippen molar-refractivity contribution in [3.05, 3.63) is 28.7 Å². The van der Waals surface area contributed by atoms with E-state index in [0.717, 1.165) is 0 Å². The first-order chi connectivity index (χ1) is 12.9. The van der Waals surface area contributed by atoms with Gasteiger partial charge in [-0.05, 0) is 33.6 Å². The zero-order chi connectivity index (χ0) is 21.2. The molecule has 0 saturated heterocycles. The fraction of sp³-hybridized carbons (Fsp3) is 0.579. The number of fused-ring (bicyclic) bond motifs is 1. The van der Waals surface area contributed by atoms with Crippen molar-refractivity contribution >= 4 is 29.3 Å². The zero-order valence-corrected chi connectivity index (χ0v) is 18.1. The summed E-state index contributed by atoms with van der Waals surface area (Å²) in [5, 5.41) is 4.45. The largest absolute Gasteiger partial charge is 0.462 e. The molecule has 2 aromatic rings. The van der Waals surface area contributed by atoms with Crippen LogP contribution in [0.1, 0.15) is 63.6 Å². The molecule has 0 aliphatic rings. The molecule has 2 aromatic heterocycles. The van der Waals surface area contributed by atoms with Crippen LogP contribution in [0, 0.1) is 5.92 Å². The van der Waals surface area contributed by atoms with E-state index < -0.39 is 23.7 Å². The maximum Gasteiger partial charge on any atom is 0.410 e. The Kier molecular flexibility index (Phi) is 6.54. The van der Waals surface area contributed by atoms with Gasteiger partial charge >= 0.3 is 12.1 Å². The van der Waals surface area contributed by atoms with Gasteiger partial charge in [-0.1, -0.05) is 25.4 Å². The Morgan fingerprint density at radius 1 is 1.29 bits per heavy atom. The lowest BCUT2D eigenvalue weighted by Gasteiger charge is -2.29. The molecule has 154 valence electrons. The van der Waals surface area contributed by atoms with Crippen molar-refractivity contribution in [3.63, 3.8) is 0 Å². The minimum Gasteiger partial charge on any atom is -0.462 e. The minimum absolute atomic E-state index is 0.185. The van der Waals surface area contributed by atoms with E-state index in [4.69, 9.17) is 21.1 Å². The first-order valence-electron chi connectivity index (χ1n) is 9.07. The molecule has 1 amide bonds. The number of aromatic nitrogens is 3. The molecule has 28 heavy (non-hydrogen) atoms. The van der Waals surface area contributed by atoms with Crippen LogP contribution >= 0.6 is 11.6 Å². The van der Waals surface area contributed by atoms with E-state index >= 15 is 0 Å². The molecule has 2 heterocycles. The van der Waals surface area contributed by atoms with Crippen LogP contribution in [0.5, 0.6) is 0 Å². The van der Waals surface area contributed by atoms with Crippen molar-refractivity contribution in [3.8, 4) is 0 Å². The van der Waals surface area contributed by atoms with Gasteiger partial charge in [-0.2, -0.15) is 5.10 Å². The average Bonchev–Trinajstić information content (AvgIpc) is 2.95. The van der Waals surface area contributed by atoms with Gasteiger partial charge in [0.25, 0.3) is 0 Å². The highest BCUT2D eigenvalue weighted by Crippen LogP contribution is 2.26. The van der Waals surface area contributed by atoms with Gasteiger partial charge in [0.15, 0.2) is 10.8 Å². The first kappa shape index (κ1) is 21.9. The molecular weight excluding hydrogens is 384 g/mol.